The highest BCUT2D eigenvalue weighted by molar-refractivity contribution is 5.98. The average molecular weight is 436 g/mol. The van der Waals surface area contributed by atoms with Crippen molar-refractivity contribution in [1.82, 2.24) is 0 Å². The SMILES string of the molecule is Cc1cc(C#N)ccc1C(N)C1=C(Nc2cccc(C(F)(F)F)c2)CCCC1=O.Cl. The Labute approximate surface area is 179 Å². The van der Waals surface area contributed by atoms with Crippen molar-refractivity contribution in [3.05, 3.63) is 76.0 Å². The van der Waals surface area contributed by atoms with Crippen molar-refractivity contribution < 1.29 is 18.0 Å². The minimum Gasteiger partial charge on any atom is -0.358 e. The van der Waals surface area contributed by atoms with Gasteiger partial charge in [0.05, 0.1) is 23.2 Å². The number of nitrogens with two attached hydrogens (primary N) is 1. The Hall–Kier alpha value is -2.82. The number of anilines is 1. The van der Waals surface area contributed by atoms with Crippen LogP contribution in [0, 0.1) is 18.3 Å². The number of nitrogens with zero attached hydrogens (tertiary/aromatic N) is 1. The molecule has 0 bridgehead atoms. The number of alkyl halides is 3. The second kappa shape index (κ2) is 9.33. The van der Waals surface area contributed by atoms with Crippen molar-refractivity contribution in [2.24, 2.45) is 5.73 Å². The van der Waals surface area contributed by atoms with E-state index in [9.17, 15) is 18.0 Å². The predicted octanol–water partition coefficient (Wildman–Crippen LogP) is 5.43. The molecule has 2 aromatic rings. The van der Waals surface area contributed by atoms with E-state index in [1.165, 1.54) is 12.1 Å². The Morgan fingerprint density at radius 2 is 1.90 bits per heavy atom. The molecule has 0 radical (unpaired) electrons. The fraction of sp³-hybridized carbons (Fsp3) is 0.273. The minimum absolute atomic E-state index is 0. The maximum Gasteiger partial charge on any atom is 0.416 e. The zero-order valence-electron chi connectivity index (χ0n) is 16.2. The van der Waals surface area contributed by atoms with Crippen LogP contribution in [0.15, 0.2) is 53.7 Å². The van der Waals surface area contributed by atoms with E-state index in [1.54, 1.807) is 18.2 Å². The number of hydrogen-bond donors (Lipinski definition) is 2. The number of nitriles is 1. The molecule has 0 amide bonds. The smallest absolute Gasteiger partial charge is 0.358 e. The van der Waals surface area contributed by atoms with Crippen LogP contribution >= 0.6 is 12.4 Å². The zero-order valence-corrected chi connectivity index (χ0v) is 17.0. The number of hydrogen-bond acceptors (Lipinski definition) is 4. The Balaban J connectivity index is 0.00000320. The zero-order chi connectivity index (χ0) is 21.2. The highest BCUT2D eigenvalue weighted by Crippen LogP contribution is 2.35. The van der Waals surface area contributed by atoms with Crippen LogP contribution in [-0.2, 0) is 11.0 Å². The molecular formula is C22H21ClF3N3O. The quantitative estimate of drug-likeness (QED) is 0.671. The van der Waals surface area contributed by atoms with E-state index >= 15 is 0 Å². The number of rotatable bonds is 4. The molecule has 3 N–H and O–H groups in total. The fourth-order valence-corrected chi connectivity index (χ4v) is 3.55. The standard InChI is InChI=1S/C22H20F3N3O.ClH/c1-13-10-14(12-26)8-9-17(13)21(27)20-18(6-3-7-19(20)29)28-16-5-2-4-15(11-16)22(23,24)25;/h2,4-5,8-11,21,28H,3,6-7,27H2,1H3;1H. The maximum atomic E-state index is 13.0. The monoisotopic (exact) mass is 435 g/mol. The third-order valence-corrected chi connectivity index (χ3v) is 4.99. The van der Waals surface area contributed by atoms with Crippen LogP contribution < -0.4 is 11.1 Å². The lowest BCUT2D eigenvalue weighted by molar-refractivity contribution is -0.137. The van der Waals surface area contributed by atoms with Crippen molar-refractivity contribution in [2.45, 2.75) is 38.4 Å². The first-order chi connectivity index (χ1) is 13.7. The van der Waals surface area contributed by atoms with E-state index < -0.39 is 17.8 Å². The van der Waals surface area contributed by atoms with E-state index in [0.717, 1.165) is 17.7 Å². The molecule has 8 heteroatoms. The Kier molecular flexibility index (Phi) is 7.30. The van der Waals surface area contributed by atoms with Crippen molar-refractivity contribution >= 4 is 23.9 Å². The number of ketones is 1. The van der Waals surface area contributed by atoms with Gasteiger partial charge in [-0.3, -0.25) is 4.79 Å². The topological polar surface area (TPSA) is 78.9 Å². The van der Waals surface area contributed by atoms with Crippen LogP contribution in [-0.4, -0.2) is 5.78 Å². The van der Waals surface area contributed by atoms with Crippen molar-refractivity contribution in [2.75, 3.05) is 5.32 Å². The van der Waals surface area contributed by atoms with E-state index in [2.05, 4.69) is 11.4 Å². The van der Waals surface area contributed by atoms with Crippen molar-refractivity contribution in [3.63, 3.8) is 0 Å². The van der Waals surface area contributed by atoms with Gasteiger partial charge < -0.3 is 11.1 Å². The Morgan fingerprint density at radius 3 is 2.53 bits per heavy atom. The van der Waals surface area contributed by atoms with Gasteiger partial charge in [-0.25, -0.2) is 0 Å². The number of carbonyl (C=O) groups excluding carboxylic acids is 1. The molecule has 3 rings (SSSR count). The first kappa shape index (κ1) is 23.5. The molecule has 1 atom stereocenters. The van der Waals surface area contributed by atoms with Crippen molar-refractivity contribution in [1.29, 1.82) is 5.26 Å². The molecule has 0 aromatic heterocycles. The molecule has 0 heterocycles. The van der Waals surface area contributed by atoms with Crippen LogP contribution in [0.2, 0.25) is 0 Å². The first-order valence-electron chi connectivity index (χ1n) is 9.17. The summed E-state index contributed by atoms with van der Waals surface area (Å²) >= 11 is 0. The molecule has 1 aliphatic rings. The van der Waals surface area contributed by atoms with Crippen LogP contribution in [0.4, 0.5) is 18.9 Å². The number of nitrogens with one attached hydrogen (secondary N) is 1. The Morgan fingerprint density at radius 1 is 1.17 bits per heavy atom. The van der Waals surface area contributed by atoms with Crippen LogP contribution in [0.5, 0.6) is 0 Å². The molecule has 1 unspecified atom stereocenters. The lowest BCUT2D eigenvalue weighted by atomic mass is 9.85. The van der Waals surface area contributed by atoms with Gasteiger partial charge in [-0.15, -0.1) is 12.4 Å². The van der Waals surface area contributed by atoms with Gasteiger partial charge in [0.2, 0.25) is 0 Å². The second-order valence-corrected chi connectivity index (χ2v) is 7.03. The van der Waals surface area contributed by atoms with Crippen molar-refractivity contribution in [3.8, 4) is 6.07 Å². The lowest BCUT2D eigenvalue weighted by Crippen LogP contribution is -2.26. The summed E-state index contributed by atoms with van der Waals surface area (Å²) in [6, 6.07) is 11.2. The van der Waals surface area contributed by atoms with E-state index in [-0.39, 0.29) is 23.9 Å². The van der Waals surface area contributed by atoms with Crippen LogP contribution in [0.1, 0.15) is 47.6 Å². The van der Waals surface area contributed by atoms with Gasteiger partial charge in [-0.2, -0.15) is 18.4 Å². The molecule has 2 aromatic carbocycles. The van der Waals surface area contributed by atoms with E-state index in [0.29, 0.717) is 41.7 Å². The van der Waals surface area contributed by atoms with Gasteiger partial charge in [0.1, 0.15) is 0 Å². The largest absolute Gasteiger partial charge is 0.416 e. The van der Waals surface area contributed by atoms with Gasteiger partial charge >= 0.3 is 6.18 Å². The highest BCUT2D eigenvalue weighted by atomic mass is 35.5. The van der Waals surface area contributed by atoms with Gasteiger partial charge in [0.15, 0.2) is 5.78 Å². The molecule has 1 aliphatic carbocycles. The molecule has 158 valence electrons. The number of aryl methyl sites for hydroxylation is 1. The third-order valence-electron chi connectivity index (χ3n) is 4.99. The summed E-state index contributed by atoms with van der Waals surface area (Å²) in [6.07, 6.45) is -3.00. The summed E-state index contributed by atoms with van der Waals surface area (Å²) in [7, 11) is 0. The highest BCUT2D eigenvalue weighted by Gasteiger charge is 2.31. The second-order valence-electron chi connectivity index (χ2n) is 7.03. The average Bonchev–Trinajstić information content (AvgIpc) is 2.67. The molecule has 0 fully saturated rings. The predicted molar refractivity (Wildman–Crippen MR) is 111 cm³/mol. The Bertz CT molecular complexity index is 1030. The summed E-state index contributed by atoms with van der Waals surface area (Å²) in [5.74, 6) is -0.123. The summed E-state index contributed by atoms with van der Waals surface area (Å²) in [4.78, 5) is 12.7. The maximum absolute atomic E-state index is 13.0. The first-order valence-corrected chi connectivity index (χ1v) is 9.17. The number of allylic oxidation sites excluding steroid dienone is 1. The van der Waals surface area contributed by atoms with E-state index in [1.807, 2.05) is 6.92 Å². The number of halogens is 4. The van der Waals surface area contributed by atoms with Gasteiger partial charge in [-0.1, -0.05) is 12.1 Å². The molecule has 0 saturated heterocycles. The van der Waals surface area contributed by atoms with Crippen LogP contribution in [0.3, 0.4) is 0 Å². The van der Waals surface area contributed by atoms with Gasteiger partial charge in [0, 0.05) is 23.4 Å². The summed E-state index contributed by atoms with van der Waals surface area (Å²) in [5.41, 5.74) is 8.79. The van der Waals surface area contributed by atoms with Gasteiger partial charge in [-0.05, 0) is 61.2 Å². The summed E-state index contributed by atoms with van der Waals surface area (Å²) in [5, 5.41) is 12.0. The summed E-state index contributed by atoms with van der Waals surface area (Å²) < 4.78 is 39.0. The normalized spacial score (nSPS) is 15.3. The third kappa shape index (κ3) is 5.02. The molecule has 0 aliphatic heterocycles. The van der Waals surface area contributed by atoms with E-state index in [4.69, 9.17) is 11.0 Å². The summed E-state index contributed by atoms with van der Waals surface area (Å²) in [6.45, 7) is 1.81. The molecule has 0 saturated carbocycles. The number of benzene rings is 2. The number of Topliss-reactive ketones (excluding diaryl/α,β-unsaturated/α-hetero) is 1. The fourth-order valence-electron chi connectivity index (χ4n) is 3.55. The minimum atomic E-state index is -4.45. The van der Waals surface area contributed by atoms with Gasteiger partial charge in [0.25, 0.3) is 0 Å². The molecule has 0 spiro atoms. The molecule has 30 heavy (non-hydrogen) atoms. The molecule has 4 nitrogen and oxygen atoms in total. The van der Waals surface area contributed by atoms with Crippen LogP contribution in [0.25, 0.3) is 0 Å². The number of carbonyl (C=O) groups is 1. The molecular weight excluding hydrogens is 415 g/mol. The lowest BCUT2D eigenvalue weighted by Gasteiger charge is -2.26.